The molecule has 3 fully saturated rings. The third-order valence-corrected chi connectivity index (χ3v) is 17.7. The Morgan fingerprint density at radius 1 is 0.351 bits per heavy atom. The maximum atomic E-state index is 13.5. The minimum atomic E-state index is -4.89. The highest BCUT2D eigenvalue weighted by Gasteiger charge is 2.35. The second-order valence-electron chi connectivity index (χ2n) is 25.8. The Morgan fingerprint density at radius 3 is 1.00 bits per heavy atom. The third kappa shape index (κ3) is 22.7. The number of anilines is 6. The molecule has 6 heterocycles. The quantitative estimate of drug-likeness (QED) is 0.0436. The van der Waals surface area contributed by atoms with Crippen molar-refractivity contribution in [3.8, 4) is 34.5 Å². The highest BCUT2D eigenvalue weighted by atomic mass is 35.5. The van der Waals surface area contributed by atoms with Crippen LogP contribution in [-0.4, -0.2) is 142 Å². The summed E-state index contributed by atoms with van der Waals surface area (Å²) >= 11 is 5.63. The molecule has 0 atom stereocenters. The van der Waals surface area contributed by atoms with Gasteiger partial charge in [-0.1, -0.05) is 29.8 Å². The van der Waals surface area contributed by atoms with E-state index in [1.54, 1.807) is 128 Å². The van der Waals surface area contributed by atoms with Gasteiger partial charge in [0.2, 0.25) is 0 Å². The summed E-state index contributed by atoms with van der Waals surface area (Å²) in [6, 6.07) is 42.4. The minimum absolute atomic E-state index is 0.0538. The van der Waals surface area contributed by atoms with E-state index in [2.05, 4.69) is 61.6 Å². The van der Waals surface area contributed by atoms with Gasteiger partial charge in [-0.3, -0.25) is 29.7 Å². The summed E-state index contributed by atoms with van der Waals surface area (Å²) < 4.78 is 152. The van der Waals surface area contributed by atoms with Gasteiger partial charge in [-0.2, -0.15) is 26.3 Å². The molecule has 6 amide bonds. The molecule has 0 radical (unpaired) electrons. The third-order valence-electron chi connectivity index (χ3n) is 17.4. The second-order valence-corrected chi connectivity index (χ2v) is 26.2. The summed E-state index contributed by atoms with van der Waals surface area (Å²) in [5, 5.41) is 14.4. The number of nitrogens with one attached hydrogen (secondary N) is 6. The number of amides is 6. The maximum absolute atomic E-state index is 13.5. The van der Waals surface area contributed by atoms with Crippen LogP contribution >= 0.6 is 11.6 Å². The first kappa shape index (κ1) is 79.7. The van der Waals surface area contributed by atoms with Gasteiger partial charge in [-0.15, -0.1) is 0 Å². The van der Waals surface area contributed by atoms with Crippen molar-refractivity contribution < 1.29 is 82.3 Å². The molecule has 9 aromatic carbocycles. The number of hydrogen-bond acceptors (Lipinski definition) is 18. The molecule has 588 valence electrons. The Labute approximate surface area is 649 Å². The summed E-state index contributed by atoms with van der Waals surface area (Å²) in [4.78, 5) is 71.5. The topological polar surface area (TPSA) is 266 Å². The van der Waals surface area contributed by atoms with E-state index in [1.165, 1.54) is 12.1 Å². The number of hydrogen-bond donors (Lipinski definition) is 6. The normalized spacial score (nSPS) is 14.2. The minimum Gasteiger partial charge on any atom is -0.457 e. The largest absolute Gasteiger partial charge is 0.457 e. The molecule has 0 unspecified atom stereocenters. The van der Waals surface area contributed by atoms with Gasteiger partial charge in [0.25, 0.3) is 0 Å². The Morgan fingerprint density at radius 2 is 0.658 bits per heavy atom. The number of ether oxygens (including phenoxy) is 6. The molecule has 0 aliphatic carbocycles. The molecule has 0 spiro atoms. The van der Waals surface area contributed by atoms with Gasteiger partial charge in [0.05, 0.1) is 125 Å². The molecule has 0 bridgehead atoms. The number of halogens is 10. The van der Waals surface area contributed by atoms with Crippen LogP contribution in [0.25, 0.3) is 33.1 Å². The highest BCUT2D eigenvalue weighted by molar-refractivity contribution is 6.31. The lowest BCUT2D eigenvalue weighted by molar-refractivity contribution is -0.140. The van der Waals surface area contributed by atoms with Gasteiger partial charge in [0.15, 0.2) is 11.6 Å². The van der Waals surface area contributed by atoms with Gasteiger partial charge in [-0.05, 0) is 121 Å². The van der Waals surface area contributed by atoms with Crippen LogP contribution in [0.15, 0.2) is 201 Å². The molecule has 0 saturated carbocycles. The van der Waals surface area contributed by atoms with Crippen LogP contribution in [0.1, 0.15) is 28.2 Å². The van der Waals surface area contributed by atoms with Crippen LogP contribution in [0.4, 0.5) is 88.0 Å². The van der Waals surface area contributed by atoms with Gasteiger partial charge in [0.1, 0.15) is 40.3 Å². The maximum Gasteiger partial charge on any atom is 0.419 e. The molecule has 3 aromatic heterocycles. The summed E-state index contributed by atoms with van der Waals surface area (Å²) in [5.41, 5.74) is 5.38. The fourth-order valence-electron chi connectivity index (χ4n) is 11.9. The predicted molar refractivity (Wildman–Crippen MR) is 409 cm³/mol. The number of alkyl halides is 6. The molecule has 12 aromatic rings. The lowest BCUT2D eigenvalue weighted by Gasteiger charge is -2.26. The molecular formula is C80H69ClF9N15O9. The van der Waals surface area contributed by atoms with Gasteiger partial charge < -0.3 is 60.3 Å². The first-order valence-corrected chi connectivity index (χ1v) is 35.8. The smallest absolute Gasteiger partial charge is 0.419 e. The number of aromatic nitrogens is 6. The zero-order valence-electron chi connectivity index (χ0n) is 60.1. The fourth-order valence-corrected chi connectivity index (χ4v) is 12.1. The molecule has 114 heavy (non-hydrogen) atoms. The Hall–Kier alpha value is -12.4. The van der Waals surface area contributed by atoms with Crippen LogP contribution < -0.4 is 46.1 Å². The second kappa shape index (κ2) is 36.9. The van der Waals surface area contributed by atoms with Crippen molar-refractivity contribution in [2.24, 2.45) is 0 Å². The lowest BCUT2D eigenvalue weighted by Crippen LogP contribution is -2.35. The fraction of sp³-hybridized carbons (Fsp3) is 0.212. The zero-order valence-corrected chi connectivity index (χ0v) is 60.9. The summed E-state index contributed by atoms with van der Waals surface area (Å²) in [6.07, 6.45) is -4.21. The van der Waals surface area contributed by atoms with Crippen LogP contribution in [0, 0.1) is 17.5 Å². The molecule has 6 N–H and O–H groups in total. The lowest BCUT2D eigenvalue weighted by atomic mass is 10.2. The molecule has 3 saturated heterocycles. The van der Waals surface area contributed by atoms with E-state index in [0.29, 0.717) is 121 Å². The first-order chi connectivity index (χ1) is 55.0. The van der Waals surface area contributed by atoms with E-state index in [0.717, 1.165) is 122 Å². The molecule has 15 rings (SSSR count). The standard InChI is InChI=1S/C27H23ClF3N5O3.C27H23F4N5O3.C26H23F2N5O3/c2*28-23-6-4-18(13-22(23)27(29,30)31)35-26(37)34-17-2-1-3-20(12-17)39-21-5-7-24-25(14-21)33-19(15-32-24)16-36-8-10-38-11-9-36;27-22-6-4-18(13-23(22)28)32-26(34)31-17-2-1-3-20(12-17)36-21-5-7-24-25(14-21)30-19(15-29-24)16-33-8-10-35-11-9-33/h2*1-7,12-15H,8-11,16H2,(H2,34,35,37);1-7,12-15H,8-11,16H2,(H2,31,32,34). The van der Waals surface area contributed by atoms with E-state index in [9.17, 15) is 53.9 Å². The van der Waals surface area contributed by atoms with Crippen molar-refractivity contribution in [1.29, 1.82) is 0 Å². The molecular weight excluding hydrogens is 1520 g/mol. The number of carbonyl (C=O) groups excluding carboxylic acids is 3. The molecule has 34 heteroatoms. The number of benzene rings is 9. The van der Waals surface area contributed by atoms with Crippen LogP contribution in [0.5, 0.6) is 34.5 Å². The van der Waals surface area contributed by atoms with E-state index in [-0.39, 0.29) is 17.1 Å². The number of nitrogens with zero attached hydrogens (tertiary/aromatic N) is 9. The Bertz CT molecular complexity index is 5210. The molecule has 3 aliphatic rings. The van der Waals surface area contributed by atoms with Crippen LogP contribution in [-0.2, 0) is 46.2 Å². The number of urea groups is 3. The molecule has 24 nitrogen and oxygen atoms in total. The first-order valence-electron chi connectivity index (χ1n) is 35.4. The summed E-state index contributed by atoms with van der Waals surface area (Å²) in [6.45, 7) is 11.4. The van der Waals surface area contributed by atoms with E-state index in [4.69, 9.17) is 55.0 Å². The van der Waals surface area contributed by atoms with Gasteiger partial charge in [0, 0.05) is 135 Å². The van der Waals surface area contributed by atoms with Crippen LogP contribution in [0.2, 0.25) is 5.02 Å². The Kier molecular flexibility index (Phi) is 25.8. The SMILES string of the molecule is O=C(Nc1cccc(Oc2ccc3ncc(CN4CCOCC4)nc3c2)c1)Nc1ccc(Cl)c(C(F)(F)F)c1.O=C(Nc1cccc(Oc2ccc3ncc(CN4CCOCC4)nc3c2)c1)Nc1ccc(F)c(C(F)(F)F)c1.O=C(Nc1cccc(Oc2ccc3ncc(CN4CCOCC4)nc3c2)c1)Nc1ccc(F)c(F)c1. The van der Waals surface area contributed by atoms with Crippen LogP contribution in [0.3, 0.4) is 0 Å². The van der Waals surface area contributed by atoms with E-state index in [1.807, 2.05) is 18.2 Å². The van der Waals surface area contributed by atoms with Crippen molar-refractivity contribution in [1.82, 2.24) is 44.6 Å². The van der Waals surface area contributed by atoms with Gasteiger partial charge >= 0.3 is 30.4 Å². The van der Waals surface area contributed by atoms with Crippen molar-refractivity contribution in [2.75, 3.05) is 111 Å². The number of rotatable bonds is 18. The number of fused-ring (bicyclic) bond motifs is 3. The summed E-state index contributed by atoms with van der Waals surface area (Å²) in [5.74, 6) is -0.500. The van der Waals surface area contributed by atoms with Crippen molar-refractivity contribution >= 4 is 96.9 Å². The van der Waals surface area contributed by atoms with Gasteiger partial charge in [-0.25, -0.2) is 42.5 Å². The monoisotopic (exact) mass is 1590 g/mol. The Balaban J connectivity index is 0.000000149. The van der Waals surface area contributed by atoms with E-state index < -0.39 is 64.0 Å². The average molecular weight is 1590 g/mol. The number of morpholine rings is 3. The predicted octanol–water partition coefficient (Wildman–Crippen LogP) is 17.8. The number of carbonyl (C=O) groups is 3. The molecule has 3 aliphatic heterocycles. The average Bonchev–Trinajstić information content (AvgIpc) is 0.833. The van der Waals surface area contributed by atoms with Crippen molar-refractivity contribution in [3.63, 3.8) is 0 Å². The summed E-state index contributed by atoms with van der Waals surface area (Å²) in [7, 11) is 0. The van der Waals surface area contributed by atoms with Crippen molar-refractivity contribution in [3.05, 3.63) is 251 Å². The zero-order chi connectivity index (χ0) is 79.7. The highest BCUT2D eigenvalue weighted by Crippen LogP contribution is 2.38. The van der Waals surface area contributed by atoms with E-state index >= 15 is 0 Å². The van der Waals surface area contributed by atoms with Crippen molar-refractivity contribution in [2.45, 2.75) is 32.0 Å².